The van der Waals surface area contributed by atoms with E-state index in [9.17, 15) is 22.8 Å². The van der Waals surface area contributed by atoms with Crippen LogP contribution in [-0.2, 0) is 20.8 Å². The molecule has 0 aliphatic rings. The number of aryl methyl sites for hydroxylation is 1. The van der Waals surface area contributed by atoms with Gasteiger partial charge in [-0.25, -0.2) is 4.79 Å². The van der Waals surface area contributed by atoms with Crippen molar-refractivity contribution in [3.8, 4) is 0 Å². The van der Waals surface area contributed by atoms with Crippen LogP contribution >= 0.6 is 32.9 Å². The van der Waals surface area contributed by atoms with Gasteiger partial charge in [0.2, 0.25) is 5.91 Å². The van der Waals surface area contributed by atoms with Crippen molar-refractivity contribution in [1.82, 2.24) is 5.32 Å². The molecule has 26 heavy (non-hydrogen) atoms. The number of aliphatic carboxylic acids is 2. The average Bonchev–Trinajstić information content (AvgIpc) is 3.05. The van der Waals surface area contributed by atoms with Crippen molar-refractivity contribution in [2.75, 3.05) is 18.1 Å². The van der Waals surface area contributed by atoms with Gasteiger partial charge in [-0.05, 0) is 17.9 Å². The highest BCUT2D eigenvalue weighted by atomic mass is 33.1. The van der Waals surface area contributed by atoms with Gasteiger partial charge in [-0.15, -0.1) is 11.3 Å². The monoisotopic (exact) mass is 433 g/mol. The van der Waals surface area contributed by atoms with E-state index in [0.717, 1.165) is 12.2 Å². The molecule has 1 aromatic rings. The summed E-state index contributed by atoms with van der Waals surface area (Å²) in [5, 5.41) is 20.4. The second-order valence-electron chi connectivity index (χ2n) is 4.52. The molecule has 12 heteroatoms. The lowest BCUT2D eigenvalue weighted by molar-refractivity contribution is -0.192. The number of carbonyl (C=O) groups is 3. The van der Waals surface area contributed by atoms with Crippen LogP contribution in [0.1, 0.15) is 17.7 Å². The summed E-state index contributed by atoms with van der Waals surface area (Å²) in [4.78, 5) is 31.9. The van der Waals surface area contributed by atoms with Gasteiger partial charge in [-0.3, -0.25) is 9.59 Å². The van der Waals surface area contributed by atoms with Crippen LogP contribution in [0.3, 0.4) is 0 Å². The highest BCUT2D eigenvalue weighted by Gasteiger charge is 2.38. The van der Waals surface area contributed by atoms with Crippen molar-refractivity contribution in [2.45, 2.75) is 25.4 Å². The zero-order valence-electron chi connectivity index (χ0n) is 13.5. The molecule has 0 saturated carbocycles. The van der Waals surface area contributed by atoms with Crippen LogP contribution in [-0.4, -0.2) is 52.3 Å². The van der Waals surface area contributed by atoms with Crippen molar-refractivity contribution in [1.29, 1.82) is 0 Å². The van der Waals surface area contributed by atoms with Crippen molar-refractivity contribution in [3.05, 3.63) is 22.4 Å². The van der Waals surface area contributed by atoms with E-state index >= 15 is 0 Å². The lowest BCUT2D eigenvalue weighted by Crippen LogP contribution is -2.25. The van der Waals surface area contributed by atoms with Crippen LogP contribution in [0.5, 0.6) is 0 Å². The van der Waals surface area contributed by atoms with Gasteiger partial charge >= 0.3 is 18.1 Å². The van der Waals surface area contributed by atoms with E-state index in [1.165, 1.54) is 15.7 Å². The number of rotatable bonds is 10. The van der Waals surface area contributed by atoms with E-state index in [1.54, 1.807) is 22.1 Å². The molecule has 0 bridgehead atoms. The van der Waals surface area contributed by atoms with Gasteiger partial charge < -0.3 is 15.5 Å². The summed E-state index contributed by atoms with van der Waals surface area (Å²) < 4.78 is 31.7. The van der Waals surface area contributed by atoms with Gasteiger partial charge in [0.05, 0.1) is 6.42 Å². The fourth-order valence-electron chi connectivity index (χ4n) is 1.26. The van der Waals surface area contributed by atoms with Crippen LogP contribution in [0.4, 0.5) is 13.2 Å². The minimum Gasteiger partial charge on any atom is -0.481 e. The highest BCUT2D eigenvalue weighted by molar-refractivity contribution is 8.76. The zero-order chi connectivity index (χ0) is 20.0. The second-order valence-corrected chi connectivity index (χ2v) is 8.25. The zero-order valence-corrected chi connectivity index (χ0v) is 15.9. The molecule has 1 amide bonds. The third-order valence-corrected chi connectivity index (χ3v) is 5.76. The predicted octanol–water partition coefficient (Wildman–Crippen LogP) is 3.29. The number of hydrogen-bond acceptors (Lipinski definition) is 6. The van der Waals surface area contributed by atoms with Gasteiger partial charge in [-0.2, -0.15) is 13.2 Å². The Morgan fingerprint density at radius 2 is 1.73 bits per heavy atom. The van der Waals surface area contributed by atoms with E-state index in [4.69, 9.17) is 15.0 Å². The largest absolute Gasteiger partial charge is 0.490 e. The molecular formula is C14H18F3NO5S3. The number of halogens is 3. The second kappa shape index (κ2) is 13.8. The Hall–Kier alpha value is -1.40. The summed E-state index contributed by atoms with van der Waals surface area (Å²) >= 11 is 1.67. The molecule has 1 heterocycles. The Labute approximate surface area is 159 Å². The van der Waals surface area contributed by atoms with Gasteiger partial charge in [-0.1, -0.05) is 27.7 Å². The molecule has 0 fully saturated rings. The molecule has 0 aromatic carbocycles. The number of carboxylic acids is 2. The minimum atomic E-state index is -5.08. The topological polar surface area (TPSA) is 104 Å². The smallest absolute Gasteiger partial charge is 0.481 e. The summed E-state index contributed by atoms with van der Waals surface area (Å²) in [6.07, 6.45) is -3.58. The van der Waals surface area contributed by atoms with Crippen LogP contribution in [0, 0.1) is 0 Å². The lowest BCUT2D eigenvalue weighted by atomic mass is 10.2. The van der Waals surface area contributed by atoms with Crippen molar-refractivity contribution >= 4 is 50.8 Å². The third-order valence-electron chi connectivity index (χ3n) is 2.41. The maximum Gasteiger partial charge on any atom is 0.490 e. The SMILES string of the molecule is O=C(O)C(F)(F)F.O=C(O)CCSSCCNC(=O)CCc1cccs1. The van der Waals surface area contributed by atoms with Crippen LogP contribution in [0.2, 0.25) is 0 Å². The van der Waals surface area contributed by atoms with Crippen molar-refractivity contribution in [3.63, 3.8) is 0 Å². The van der Waals surface area contributed by atoms with Gasteiger partial charge in [0.1, 0.15) is 0 Å². The van der Waals surface area contributed by atoms with E-state index in [0.29, 0.717) is 18.7 Å². The number of thiophene rings is 1. The van der Waals surface area contributed by atoms with Crippen LogP contribution < -0.4 is 5.32 Å². The first kappa shape index (κ1) is 24.6. The molecule has 0 atom stereocenters. The van der Waals surface area contributed by atoms with E-state index in [1.807, 2.05) is 17.5 Å². The number of alkyl halides is 3. The molecule has 1 rings (SSSR count). The van der Waals surface area contributed by atoms with E-state index < -0.39 is 18.1 Å². The molecule has 0 saturated heterocycles. The maximum atomic E-state index is 11.5. The summed E-state index contributed by atoms with van der Waals surface area (Å²) in [7, 11) is 3.12. The minimum absolute atomic E-state index is 0.0736. The average molecular weight is 433 g/mol. The van der Waals surface area contributed by atoms with Crippen LogP contribution in [0.25, 0.3) is 0 Å². The van der Waals surface area contributed by atoms with Crippen LogP contribution in [0.15, 0.2) is 17.5 Å². The quantitative estimate of drug-likeness (QED) is 0.384. The Morgan fingerprint density at radius 3 is 2.23 bits per heavy atom. The highest BCUT2D eigenvalue weighted by Crippen LogP contribution is 2.21. The van der Waals surface area contributed by atoms with Gasteiger partial charge in [0.25, 0.3) is 0 Å². The lowest BCUT2D eigenvalue weighted by Gasteiger charge is -2.04. The van der Waals surface area contributed by atoms with Crippen molar-refractivity contribution < 1.29 is 37.8 Å². The summed E-state index contributed by atoms with van der Waals surface area (Å²) in [5.41, 5.74) is 0. The van der Waals surface area contributed by atoms with Crippen molar-refractivity contribution in [2.24, 2.45) is 0 Å². The first-order chi connectivity index (χ1) is 12.1. The standard InChI is InChI=1S/C12H17NO3S3.C2HF3O2/c14-11(4-3-10-2-1-7-17-10)13-6-9-19-18-8-5-12(15)16;3-2(4,5)1(6)7/h1-2,7H,3-6,8-9H2,(H,13,14)(H,15,16);(H,6,7). The molecule has 0 aliphatic carbocycles. The fraction of sp³-hybridized carbons (Fsp3) is 0.500. The van der Waals surface area contributed by atoms with E-state index in [2.05, 4.69) is 5.32 Å². The molecule has 1 aromatic heterocycles. The van der Waals surface area contributed by atoms with E-state index in [-0.39, 0.29) is 12.3 Å². The number of carboxylic acid groups (broad SMARTS) is 2. The Balaban J connectivity index is 0.000000758. The Kier molecular flexibility index (Phi) is 13.0. The number of amides is 1. The first-order valence-electron chi connectivity index (χ1n) is 7.18. The third kappa shape index (κ3) is 14.9. The molecule has 148 valence electrons. The van der Waals surface area contributed by atoms with Gasteiger partial charge in [0.15, 0.2) is 0 Å². The number of nitrogens with one attached hydrogen (secondary N) is 1. The Morgan fingerprint density at radius 1 is 1.12 bits per heavy atom. The maximum absolute atomic E-state index is 11.5. The number of carbonyl (C=O) groups excluding carboxylic acids is 1. The normalized spacial score (nSPS) is 10.6. The van der Waals surface area contributed by atoms with Gasteiger partial charge in [0, 0.05) is 29.3 Å². The summed E-state index contributed by atoms with van der Waals surface area (Å²) in [6.45, 7) is 0.633. The molecule has 0 radical (unpaired) electrons. The molecule has 0 spiro atoms. The number of hydrogen-bond donors (Lipinski definition) is 3. The molecular weight excluding hydrogens is 415 g/mol. The molecule has 6 nitrogen and oxygen atoms in total. The molecule has 3 N–H and O–H groups in total. The predicted molar refractivity (Wildman–Crippen MR) is 96.5 cm³/mol. The Bertz CT molecular complexity index is 553. The summed E-state index contributed by atoms with van der Waals surface area (Å²) in [6, 6.07) is 4.02. The summed E-state index contributed by atoms with van der Waals surface area (Å²) in [5.74, 6) is -2.05. The molecule has 0 aliphatic heterocycles. The molecule has 0 unspecified atom stereocenters. The first-order valence-corrected chi connectivity index (χ1v) is 10.5. The fourth-order valence-corrected chi connectivity index (χ4v) is 3.85.